The third kappa shape index (κ3) is 4.17. The summed E-state index contributed by atoms with van der Waals surface area (Å²) in [4.78, 5) is 11.3. The number of para-hydroxylation sites is 1. The molecule has 0 unspecified atom stereocenters. The van der Waals surface area contributed by atoms with Crippen LogP contribution >= 0.6 is 0 Å². The first-order valence-corrected chi connectivity index (χ1v) is 9.17. The second-order valence-corrected chi connectivity index (χ2v) is 7.00. The summed E-state index contributed by atoms with van der Waals surface area (Å²) in [5.41, 5.74) is 3.09. The van der Waals surface area contributed by atoms with Crippen LogP contribution in [0.15, 0.2) is 61.2 Å². The summed E-state index contributed by atoms with van der Waals surface area (Å²) in [7, 11) is 0. The van der Waals surface area contributed by atoms with Crippen molar-refractivity contribution in [2.45, 2.75) is 25.8 Å². The number of likely N-dealkylation sites (tertiary alicyclic amines) is 1. The minimum absolute atomic E-state index is 0.193. The summed E-state index contributed by atoms with van der Waals surface area (Å²) in [6, 6.07) is 13.2. The Bertz CT molecular complexity index is 838. The average Bonchev–Trinajstić information content (AvgIpc) is 3.13. The van der Waals surface area contributed by atoms with E-state index < -0.39 is 0 Å². The molecule has 0 aliphatic carbocycles. The van der Waals surface area contributed by atoms with E-state index in [0.29, 0.717) is 5.92 Å². The Kier molecular flexibility index (Phi) is 5.07. The number of rotatable bonds is 5. The van der Waals surface area contributed by atoms with Gasteiger partial charge < -0.3 is 4.57 Å². The van der Waals surface area contributed by atoms with E-state index in [1.807, 2.05) is 24.5 Å². The van der Waals surface area contributed by atoms with Crippen molar-refractivity contribution < 1.29 is 4.39 Å². The van der Waals surface area contributed by atoms with Crippen molar-refractivity contribution in [3.63, 3.8) is 0 Å². The first kappa shape index (κ1) is 16.9. The van der Waals surface area contributed by atoms with E-state index in [2.05, 4.69) is 37.8 Å². The van der Waals surface area contributed by atoms with Crippen LogP contribution in [0.1, 0.15) is 24.2 Å². The predicted octanol–water partition coefficient (Wildman–Crippen LogP) is 3.86. The number of aromatic nitrogens is 3. The van der Waals surface area contributed by atoms with Gasteiger partial charge in [-0.3, -0.25) is 9.88 Å². The first-order chi connectivity index (χ1) is 12.8. The predicted molar refractivity (Wildman–Crippen MR) is 99.5 cm³/mol. The number of nitrogens with zero attached hydrogens (tertiary/aromatic N) is 4. The lowest BCUT2D eigenvalue weighted by Crippen LogP contribution is -2.34. The molecule has 0 saturated carbocycles. The Morgan fingerprint density at radius 2 is 1.81 bits per heavy atom. The van der Waals surface area contributed by atoms with E-state index in [9.17, 15) is 4.39 Å². The van der Waals surface area contributed by atoms with Crippen LogP contribution in [-0.2, 0) is 13.0 Å². The quantitative estimate of drug-likeness (QED) is 0.701. The van der Waals surface area contributed by atoms with E-state index in [4.69, 9.17) is 0 Å². The van der Waals surface area contributed by atoms with Gasteiger partial charge in [-0.25, -0.2) is 9.37 Å². The van der Waals surface area contributed by atoms with E-state index >= 15 is 0 Å². The van der Waals surface area contributed by atoms with E-state index in [0.717, 1.165) is 56.0 Å². The number of benzene rings is 1. The lowest BCUT2D eigenvalue weighted by molar-refractivity contribution is 0.175. The molecule has 2 aromatic heterocycles. The lowest BCUT2D eigenvalue weighted by Gasteiger charge is -2.31. The highest BCUT2D eigenvalue weighted by molar-refractivity contribution is 5.31. The van der Waals surface area contributed by atoms with Crippen LogP contribution in [0.4, 0.5) is 4.39 Å². The van der Waals surface area contributed by atoms with Gasteiger partial charge >= 0.3 is 0 Å². The van der Waals surface area contributed by atoms with Gasteiger partial charge in [0.2, 0.25) is 0 Å². The Hall–Kier alpha value is -2.53. The van der Waals surface area contributed by atoms with Crippen molar-refractivity contribution in [1.29, 1.82) is 0 Å². The number of piperidine rings is 1. The van der Waals surface area contributed by atoms with Crippen LogP contribution in [0.25, 0.3) is 5.69 Å². The molecule has 26 heavy (non-hydrogen) atoms. The molecule has 1 aromatic carbocycles. The van der Waals surface area contributed by atoms with Crippen molar-refractivity contribution in [2.75, 3.05) is 13.1 Å². The average molecular weight is 350 g/mol. The number of hydrogen-bond acceptors (Lipinski definition) is 3. The first-order valence-electron chi connectivity index (χ1n) is 9.17. The van der Waals surface area contributed by atoms with Gasteiger partial charge in [0.05, 0.1) is 12.0 Å². The molecule has 3 aromatic rings. The molecule has 4 nitrogen and oxygen atoms in total. The summed E-state index contributed by atoms with van der Waals surface area (Å²) >= 11 is 0. The van der Waals surface area contributed by atoms with Gasteiger partial charge in [-0.1, -0.05) is 18.2 Å². The Balaban J connectivity index is 1.29. The largest absolute Gasteiger partial charge is 0.306 e. The molecule has 5 heteroatoms. The van der Waals surface area contributed by atoms with Crippen LogP contribution in [-0.4, -0.2) is 32.5 Å². The molecule has 1 fully saturated rings. The minimum Gasteiger partial charge on any atom is -0.306 e. The van der Waals surface area contributed by atoms with Crippen molar-refractivity contribution >= 4 is 0 Å². The summed E-state index contributed by atoms with van der Waals surface area (Å²) in [6.07, 6.45) is 8.66. The van der Waals surface area contributed by atoms with Crippen LogP contribution in [0.3, 0.4) is 0 Å². The highest BCUT2D eigenvalue weighted by Gasteiger charge is 2.20. The van der Waals surface area contributed by atoms with Gasteiger partial charge in [-0.05, 0) is 62.5 Å². The number of imidazole rings is 1. The Labute approximate surface area is 153 Å². The molecule has 1 saturated heterocycles. The fraction of sp³-hybridized carbons (Fsp3) is 0.333. The van der Waals surface area contributed by atoms with Crippen molar-refractivity contribution in [3.05, 3.63) is 78.4 Å². The monoisotopic (exact) mass is 350 g/mol. The summed E-state index contributed by atoms with van der Waals surface area (Å²) in [5.74, 6) is 0.392. The molecule has 0 atom stereocenters. The maximum atomic E-state index is 13.3. The molecular formula is C21H23FN4. The van der Waals surface area contributed by atoms with E-state index in [1.54, 1.807) is 12.3 Å². The van der Waals surface area contributed by atoms with Crippen LogP contribution in [0.2, 0.25) is 0 Å². The standard InChI is InChI=1S/C21H23FN4/c22-18-6-9-23-19(13-18)12-17-7-10-25(11-8-17)14-20-15-26(16-24-20)21-4-2-1-3-5-21/h1-6,9,13,15-17H,7-8,10-12,14H2. The van der Waals surface area contributed by atoms with Crippen molar-refractivity contribution in [3.8, 4) is 5.69 Å². The van der Waals surface area contributed by atoms with Gasteiger partial charge in [-0.2, -0.15) is 0 Å². The van der Waals surface area contributed by atoms with Crippen molar-refractivity contribution in [1.82, 2.24) is 19.4 Å². The zero-order valence-electron chi connectivity index (χ0n) is 14.8. The normalized spacial score (nSPS) is 16.0. The molecule has 0 spiro atoms. The smallest absolute Gasteiger partial charge is 0.126 e. The summed E-state index contributed by atoms with van der Waals surface area (Å²) < 4.78 is 15.4. The second kappa shape index (κ2) is 7.79. The van der Waals surface area contributed by atoms with Gasteiger partial charge in [0.15, 0.2) is 0 Å². The molecule has 1 aliphatic rings. The van der Waals surface area contributed by atoms with E-state index in [-0.39, 0.29) is 5.82 Å². The summed E-state index contributed by atoms with van der Waals surface area (Å²) in [5, 5.41) is 0. The minimum atomic E-state index is -0.193. The fourth-order valence-electron chi connectivity index (χ4n) is 3.62. The van der Waals surface area contributed by atoms with Crippen molar-refractivity contribution in [2.24, 2.45) is 5.92 Å². The third-order valence-corrected chi connectivity index (χ3v) is 5.06. The third-order valence-electron chi connectivity index (χ3n) is 5.06. The maximum Gasteiger partial charge on any atom is 0.126 e. The molecule has 1 aliphatic heterocycles. The SMILES string of the molecule is Fc1ccnc(CC2CCN(Cc3cn(-c4ccccc4)cn3)CC2)c1. The maximum absolute atomic E-state index is 13.3. The molecule has 0 bridgehead atoms. The Morgan fingerprint density at radius 1 is 1.00 bits per heavy atom. The molecular weight excluding hydrogens is 327 g/mol. The summed E-state index contributed by atoms with van der Waals surface area (Å²) in [6.45, 7) is 2.99. The molecule has 3 heterocycles. The lowest BCUT2D eigenvalue weighted by atomic mass is 9.92. The van der Waals surface area contributed by atoms with Gasteiger partial charge in [0, 0.05) is 30.3 Å². The Morgan fingerprint density at radius 3 is 2.58 bits per heavy atom. The highest BCUT2D eigenvalue weighted by atomic mass is 19.1. The molecule has 134 valence electrons. The zero-order valence-corrected chi connectivity index (χ0v) is 14.8. The second-order valence-electron chi connectivity index (χ2n) is 7.00. The number of hydrogen-bond donors (Lipinski definition) is 0. The topological polar surface area (TPSA) is 34.0 Å². The molecule has 0 N–H and O–H groups in total. The van der Waals surface area contributed by atoms with Crippen LogP contribution in [0, 0.1) is 11.7 Å². The molecule has 0 amide bonds. The highest BCUT2D eigenvalue weighted by Crippen LogP contribution is 2.22. The van der Waals surface area contributed by atoms with Crippen LogP contribution < -0.4 is 0 Å². The molecule has 4 rings (SSSR count). The zero-order chi connectivity index (χ0) is 17.8. The van der Waals surface area contributed by atoms with Gasteiger partial charge in [0.1, 0.15) is 5.82 Å². The number of halogens is 1. The van der Waals surface area contributed by atoms with E-state index in [1.165, 1.54) is 6.07 Å². The number of pyridine rings is 1. The molecule has 0 radical (unpaired) electrons. The van der Waals surface area contributed by atoms with Crippen LogP contribution in [0.5, 0.6) is 0 Å². The van der Waals surface area contributed by atoms with Gasteiger partial charge in [-0.15, -0.1) is 0 Å². The van der Waals surface area contributed by atoms with Gasteiger partial charge in [0.25, 0.3) is 0 Å². The fourth-order valence-corrected chi connectivity index (χ4v) is 3.62.